The SMILES string of the molecule is CCC(Sc1cccc(NC(=O)c2ccccc2C(=O)O)c1)C(=O)Nc1sc2c(c1C(=O)OC)CCN(Cc1ccccc1)C2. The summed E-state index contributed by atoms with van der Waals surface area (Å²) in [6.45, 7) is 4.18. The van der Waals surface area contributed by atoms with Crippen LogP contribution < -0.4 is 10.6 Å². The predicted octanol–water partition coefficient (Wildman–Crippen LogP) is 6.55. The normalized spacial score (nSPS) is 13.4. The Balaban J connectivity index is 1.29. The zero-order valence-corrected chi connectivity index (χ0v) is 26.5. The van der Waals surface area contributed by atoms with Crippen LogP contribution in [-0.4, -0.2) is 52.7 Å². The average molecular weight is 644 g/mol. The molecule has 1 unspecified atom stereocenters. The van der Waals surface area contributed by atoms with Gasteiger partial charge in [0.2, 0.25) is 5.91 Å². The molecule has 3 N–H and O–H groups in total. The molecule has 1 aromatic heterocycles. The van der Waals surface area contributed by atoms with Gasteiger partial charge in [-0.1, -0.05) is 55.5 Å². The molecule has 2 heterocycles. The number of carboxylic acid groups (broad SMARTS) is 1. The number of ether oxygens (including phenoxy) is 1. The second-order valence-corrected chi connectivity index (χ2v) is 12.9. The molecule has 0 saturated heterocycles. The van der Waals surface area contributed by atoms with Crippen molar-refractivity contribution in [1.29, 1.82) is 0 Å². The van der Waals surface area contributed by atoms with E-state index in [1.165, 1.54) is 47.9 Å². The Kier molecular flexibility index (Phi) is 10.3. The molecule has 0 aliphatic carbocycles. The highest BCUT2D eigenvalue weighted by Gasteiger charge is 2.30. The zero-order chi connectivity index (χ0) is 31.9. The molecule has 45 heavy (non-hydrogen) atoms. The summed E-state index contributed by atoms with van der Waals surface area (Å²) >= 11 is 2.76. The number of hydrogen-bond donors (Lipinski definition) is 3. The van der Waals surface area contributed by atoms with Gasteiger partial charge in [0.1, 0.15) is 5.00 Å². The van der Waals surface area contributed by atoms with Crippen LogP contribution in [0.4, 0.5) is 10.7 Å². The lowest BCUT2D eigenvalue weighted by Gasteiger charge is -2.27. The van der Waals surface area contributed by atoms with Crippen molar-refractivity contribution in [1.82, 2.24) is 4.90 Å². The summed E-state index contributed by atoms with van der Waals surface area (Å²) in [5, 5.41) is 15.2. The van der Waals surface area contributed by atoms with Gasteiger partial charge in [0.15, 0.2) is 0 Å². The summed E-state index contributed by atoms with van der Waals surface area (Å²) in [7, 11) is 1.35. The highest BCUT2D eigenvalue weighted by atomic mass is 32.2. The van der Waals surface area contributed by atoms with Gasteiger partial charge in [-0.25, -0.2) is 9.59 Å². The van der Waals surface area contributed by atoms with E-state index >= 15 is 0 Å². The summed E-state index contributed by atoms with van der Waals surface area (Å²) in [6.07, 6.45) is 1.20. The number of fused-ring (bicyclic) bond motifs is 1. The number of nitrogens with one attached hydrogen (secondary N) is 2. The highest BCUT2D eigenvalue weighted by molar-refractivity contribution is 8.00. The molecule has 2 amide bonds. The Labute approximate surface area is 269 Å². The van der Waals surface area contributed by atoms with Gasteiger partial charge in [0, 0.05) is 35.1 Å². The van der Waals surface area contributed by atoms with Crippen LogP contribution in [0, 0.1) is 0 Å². The first-order chi connectivity index (χ1) is 21.8. The summed E-state index contributed by atoms with van der Waals surface area (Å²) in [4.78, 5) is 55.0. The number of amides is 2. The predicted molar refractivity (Wildman–Crippen MR) is 176 cm³/mol. The summed E-state index contributed by atoms with van der Waals surface area (Å²) in [5.41, 5.74) is 3.01. The van der Waals surface area contributed by atoms with E-state index in [9.17, 15) is 24.3 Å². The summed E-state index contributed by atoms with van der Waals surface area (Å²) < 4.78 is 5.12. The van der Waals surface area contributed by atoms with Gasteiger partial charge < -0.3 is 20.5 Å². The van der Waals surface area contributed by atoms with Gasteiger partial charge in [-0.15, -0.1) is 23.1 Å². The standard InChI is InChI=1S/C34H33N3O6S2/c1-3-27(44-23-13-9-12-22(18-23)35-30(38)24-14-7-8-15-25(24)33(40)41)31(39)36-32-29(34(42)43-2)26-16-17-37(20-28(26)45-32)19-21-10-5-4-6-11-21/h4-15,18,27H,3,16-17,19-20H2,1-2H3,(H,35,38)(H,36,39)(H,40,41). The number of methoxy groups -OCH3 is 1. The number of esters is 1. The number of nitrogens with zero attached hydrogens (tertiary/aromatic N) is 1. The first kappa shape index (κ1) is 32.0. The van der Waals surface area contributed by atoms with Crippen LogP contribution in [0.5, 0.6) is 0 Å². The van der Waals surface area contributed by atoms with Gasteiger partial charge in [-0.3, -0.25) is 14.5 Å². The van der Waals surface area contributed by atoms with E-state index in [1.54, 1.807) is 30.3 Å². The molecule has 1 aliphatic heterocycles. The van der Waals surface area contributed by atoms with Crippen LogP contribution in [0.25, 0.3) is 0 Å². The van der Waals surface area contributed by atoms with Gasteiger partial charge in [-0.05, 0) is 54.3 Å². The maximum absolute atomic E-state index is 13.6. The van der Waals surface area contributed by atoms with Gasteiger partial charge >= 0.3 is 11.9 Å². The second-order valence-electron chi connectivity index (χ2n) is 10.5. The zero-order valence-electron chi connectivity index (χ0n) is 24.9. The van der Waals surface area contributed by atoms with Crippen LogP contribution >= 0.6 is 23.1 Å². The number of benzene rings is 3. The lowest BCUT2D eigenvalue weighted by Crippen LogP contribution is -2.30. The second kappa shape index (κ2) is 14.6. The van der Waals surface area contributed by atoms with E-state index in [0.29, 0.717) is 35.6 Å². The molecule has 5 rings (SSSR count). The molecule has 0 bridgehead atoms. The van der Waals surface area contributed by atoms with E-state index in [4.69, 9.17) is 4.74 Å². The van der Waals surface area contributed by atoms with Gasteiger partial charge in [0.25, 0.3) is 5.91 Å². The van der Waals surface area contributed by atoms with Crippen LogP contribution in [0.2, 0.25) is 0 Å². The van der Waals surface area contributed by atoms with Crippen molar-refractivity contribution >= 4 is 57.5 Å². The molecule has 11 heteroatoms. The first-order valence-electron chi connectivity index (χ1n) is 14.5. The number of carbonyl (C=O) groups is 4. The summed E-state index contributed by atoms with van der Waals surface area (Å²) in [6, 6.07) is 23.3. The molecule has 1 atom stereocenters. The third kappa shape index (κ3) is 7.62. The molecular formula is C34H33N3O6S2. The molecule has 9 nitrogen and oxygen atoms in total. The van der Waals surface area contributed by atoms with Crippen LogP contribution in [0.3, 0.4) is 0 Å². The fourth-order valence-corrected chi connectivity index (χ4v) is 7.53. The fraction of sp³-hybridized carbons (Fsp3) is 0.235. The van der Waals surface area contributed by atoms with E-state index in [0.717, 1.165) is 28.4 Å². The maximum atomic E-state index is 13.6. The van der Waals surface area contributed by atoms with E-state index < -0.39 is 23.1 Å². The van der Waals surface area contributed by atoms with Gasteiger partial charge in [-0.2, -0.15) is 0 Å². The molecular weight excluding hydrogens is 611 g/mol. The average Bonchev–Trinajstić information content (AvgIpc) is 3.40. The monoisotopic (exact) mass is 643 g/mol. The molecule has 0 radical (unpaired) electrons. The molecule has 3 aromatic carbocycles. The topological polar surface area (TPSA) is 125 Å². The number of thiophene rings is 1. The van der Waals surface area contributed by atoms with Crippen molar-refractivity contribution in [2.75, 3.05) is 24.3 Å². The Morgan fingerprint density at radius 3 is 2.42 bits per heavy atom. The number of aromatic carboxylic acids is 1. The lowest BCUT2D eigenvalue weighted by molar-refractivity contribution is -0.115. The van der Waals surface area contributed by atoms with E-state index in [2.05, 4.69) is 27.7 Å². The van der Waals surface area contributed by atoms with E-state index in [1.807, 2.05) is 31.2 Å². The number of thioether (sulfide) groups is 1. The highest BCUT2D eigenvalue weighted by Crippen LogP contribution is 2.39. The van der Waals surface area contributed by atoms with Gasteiger partial charge in [0.05, 0.1) is 29.1 Å². The smallest absolute Gasteiger partial charge is 0.341 e. The van der Waals surface area contributed by atoms with Crippen molar-refractivity contribution in [2.24, 2.45) is 0 Å². The van der Waals surface area contributed by atoms with Crippen molar-refractivity contribution in [3.05, 3.63) is 112 Å². The largest absolute Gasteiger partial charge is 0.478 e. The van der Waals surface area contributed by atoms with Crippen molar-refractivity contribution in [3.8, 4) is 0 Å². The number of carboxylic acids is 1. The molecule has 0 saturated carbocycles. The van der Waals surface area contributed by atoms with Crippen LogP contribution in [-0.2, 0) is 29.0 Å². The molecule has 232 valence electrons. The van der Waals surface area contributed by atoms with Crippen molar-refractivity contribution in [2.45, 2.75) is 43.0 Å². The summed E-state index contributed by atoms with van der Waals surface area (Å²) in [5.74, 6) is -2.43. The number of rotatable bonds is 11. The third-order valence-corrected chi connectivity index (χ3v) is 9.94. The minimum Gasteiger partial charge on any atom is -0.478 e. The first-order valence-corrected chi connectivity index (χ1v) is 16.2. The molecule has 1 aliphatic rings. The molecule has 0 fully saturated rings. The minimum absolute atomic E-state index is 0.0529. The Bertz CT molecular complexity index is 1720. The van der Waals surface area contributed by atoms with E-state index in [-0.39, 0.29) is 17.0 Å². The third-order valence-electron chi connectivity index (χ3n) is 7.45. The number of anilines is 2. The van der Waals surface area contributed by atoms with Crippen molar-refractivity contribution in [3.63, 3.8) is 0 Å². The quantitative estimate of drug-likeness (QED) is 0.124. The minimum atomic E-state index is -1.19. The Morgan fingerprint density at radius 2 is 1.71 bits per heavy atom. The molecule has 4 aromatic rings. The Morgan fingerprint density at radius 1 is 0.978 bits per heavy atom. The van der Waals surface area contributed by atoms with Crippen molar-refractivity contribution < 1.29 is 29.0 Å². The number of carbonyl (C=O) groups excluding carboxylic acids is 3. The molecule has 0 spiro atoms. The lowest BCUT2D eigenvalue weighted by atomic mass is 10.0. The fourth-order valence-electron chi connectivity index (χ4n) is 5.23. The number of hydrogen-bond acceptors (Lipinski definition) is 8. The van der Waals surface area contributed by atoms with Crippen LogP contribution in [0.1, 0.15) is 60.4 Å². The van der Waals surface area contributed by atoms with Crippen LogP contribution in [0.15, 0.2) is 83.8 Å². The maximum Gasteiger partial charge on any atom is 0.341 e. The Hall–Kier alpha value is -4.45.